The lowest BCUT2D eigenvalue weighted by Crippen LogP contribution is -2.31. The van der Waals surface area contributed by atoms with Gasteiger partial charge in [0, 0.05) is 19.2 Å². The topological polar surface area (TPSA) is 63.5 Å². The number of hydrogen-bond donors (Lipinski definition) is 2. The van der Waals surface area contributed by atoms with Gasteiger partial charge in [0.1, 0.15) is 5.75 Å². The average Bonchev–Trinajstić information content (AvgIpc) is 2.96. The van der Waals surface area contributed by atoms with Crippen molar-refractivity contribution in [2.24, 2.45) is 0 Å². The molecule has 0 spiro atoms. The van der Waals surface area contributed by atoms with Crippen molar-refractivity contribution in [2.75, 3.05) is 19.6 Å². The first-order chi connectivity index (χ1) is 10.3. The lowest BCUT2D eigenvalue weighted by molar-refractivity contribution is 0.0921. The second kappa shape index (κ2) is 8.11. The Hall–Kier alpha value is -2.27. The van der Waals surface area contributed by atoms with E-state index in [0.717, 1.165) is 19.5 Å². The van der Waals surface area contributed by atoms with Crippen molar-refractivity contribution in [1.29, 1.82) is 0 Å². The van der Waals surface area contributed by atoms with Crippen LogP contribution >= 0.6 is 0 Å². The molecule has 2 aromatic rings. The Labute approximate surface area is 124 Å². The molecule has 0 fully saturated rings. The summed E-state index contributed by atoms with van der Waals surface area (Å²) in [5.41, 5.74) is 0. The zero-order valence-corrected chi connectivity index (χ0v) is 12.1. The molecule has 1 aromatic heterocycles. The third-order valence-corrected chi connectivity index (χ3v) is 2.78. The highest BCUT2D eigenvalue weighted by atomic mass is 16.6. The Morgan fingerprint density at radius 1 is 1.10 bits per heavy atom. The van der Waals surface area contributed by atoms with Crippen LogP contribution in [0.5, 0.6) is 11.7 Å². The molecule has 1 amide bonds. The molecule has 0 aliphatic heterocycles. The molecule has 2 N–H and O–H groups in total. The summed E-state index contributed by atoms with van der Waals surface area (Å²) in [6.07, 6.45) is 1.08. The molecule has 0 radical (unpaired) electrons. The van der Waals surface area contributed by atoms with Gasteiger partial charge in [-0.25, -0.2) is 0 Å². The maximum Gasteiger partial charge on any atom is 0.290 e. The maximum atomic E-state index is 11.9. The van der Waals surface area contributed by atoms with Crippen molar-refractivity contribution in [2.45, 2.75) is 13.3 Å². The van der Waals surface area contributed by atoms with E-state index in [1.165, 1.54) is 0 Å². The summed E-state index contributed by atoms with van der Waals surface area (Å²) in [5, 5.41) is 5.99. The summed E-state index contributed by atoms with van der Waals surface area (Å²) in [6.45, 7) is 4.36. The van der Waals surface area contributed by atoms with Crippen LogP contribution in [0.4, 0.5) is 0 Å². The molecule has 0 atom stereocenters. The van der Waals surface area contributed by atoms with Crippen molar-refractivity contribution >= 4 is 5.91 Å². The number of para-hydroxylation sites is 1. The third-order valence-electron chi connectivity index (χ3n) is 2.78. The maximum absolute atomic E-state index is 11.9. The molecule has 0 aliphatic rings. The largest absolute Gasteiger partial charge is 0.426 e. The van der Waals surface area contributed by atoms with E-state index in [9.17, 15) is 4.79 Å². The molecule has 21 heavy (non-hydrogen) atoms. The van der Waals surface area contributed by atoms with E-state index in [-0.39, 0.29) is 11.7 Å². The molecule has 0 unspecified atom stereocenters. The Balaban J connectivity index is 1.80. The summed E-state index contributed by atoms with van der Waals surface area (Å²) in [5.74, 6) is 0.977. The first-order valence-electron chi connectivity index (χ1n) is 7.11. The first kappa shape index (κ1) is 15.1. The van der Waals surface area contributed by atoms with Crippen LogP contribution in [-0.2, 0) is 0 Å². The number of hydrogen-bond acceptors (Lipinski definition) is 4. The van der Waals surface area contributed by atoms with Gasteiger partial charge in [-0.05, 0) is 31.2 Å². The number of nitrogens with one attached hydrogen (secondary N) is 2. The van der Waals surface area contributed by atoms with Gasteiger partial charge in [-0.15, -0.1) is 0 Å². The van der Waals surface area contributed by atoms with Gasteiger partial charge in [0.25, 0.3) is 11.9 Å². The average molecular weight is 288 g/mol. The van der Waals surface area contributed by atoms with Crippen LogP contribution in [0.1, 0.15) is 23.9 Å². The Kier molecular flexibility index (Phi) is 5.84. The molecule has 5 heteroatoms. The molecule has 112 valence electrons. The van der Waals surface area contributed by atoms with E-state index >= 15 is 0 Å². The van der Waals surface area contributed by atoms with Crippen LogP contribution in [0.2, 0.25) is 0 Å². The highest BCUT2D eigenvalue weighted by Crippen LogP contribution is 2.23. The zero-order chi connectivity index (χ0) is 14.9. The lowest BCUT2D eigenvalue weighted by Gasteiger charge is -2.04. The fourth-order valence-electron chi connectivity index (χ4n) is 1.76. The molecule has 0 bridgehead atoms. The van der Waals surface area contributed by atoms with Crippen LogP contribution in [0.3, 0.4) is 0 Å². The van der Waals surface area contributed by atoms with Crippen LogP contribution in [0.25, 0.3) is 0 Å². The summed E-state index contributed by atoms with van der Waals surface area (Å²) in [4.78, 5) is 11.9. The molecule has 1 heterocycles. The lowest BCUT2D eigenvalue weighted by atomic mass is 10.3. The first-order valence-corrected chi connectivity index (χ1v) is 7.11. The number of benzene rings is 1. The molecule has 1 aromatic carbocycles. The molecular weight excluding hydrogens is 268 g/mol. The van der Waals surface area contributed by atoms with Crippen molar-refractivity contribution in [3.8, 4) is 11.7 Å². The summed E-state index contributed by atoms with van der Waals surface area (Å²) in [7, 11) is 0. The normalized spacial score (nSPS) is 10.3. The van der Waals surface area contributed by atoms with Gasteiger partial charge in [-0.3, -0.25) is 4.79 Å². The summed E-state index contributed by atoms with van der Waals surface area (Å²) < 4.78 is 10.9. The predicted molar refractivity (Wildman–Crippen MR) is 80.7 cm³/mol. The Morgan fingerprint density at radius 3 is 2.67 bits per heavy atom. The molecule has 0 saturated carbocycles. The fourth-order valence-corrected chi connectivity index (χ4v) is 1.76. The van der Waals surface area contributed by atoms with Crippen LogP contribution in [-0.4, -0.2) is 25.5 Å². The van der Waals surface area contributed by atoms with Gasteiger partial charge in [0.15, 0.2) is 5.76 Å². The van der Waals surface area contributed by atoms with E-state index in [1.54, 1.807) is 12.1 Å². The van der Waals surface area contributed by atoms with Gasteiger partial charge >= 0.3 is 0 Å². The van der Waals surface area contributed by atoms with E-state index in [1.807, 2.05) is 30.3 Å². The second-order valence-electron chi connectivity index (χ2n) is 4.54. The van der Waals surface area contributed by atoms with Crippen LogP contribution < -0.4 is 15.4 Å². The highest BCUT2D eigenvalue weighted by Gasteiger charge is 2.11. The number of furan rings is 1. The third kappa shape index (κ3) is 4.96. The van der Waals surface area contributed by atoms with Crippen LogP contribution in [0, 0.1) is 0 Å². The van der Waals surface area contributed by atoms with E-state index < -0.39 is 0 Å². The van der Waals surface area contributed by atoms with Crippen molar-refractivity contribution in [3.63, 3.8) is 0 Å². The molecule has 2 rings (SSSR count). The van der Waals surface area contributed by atoms with Gasteiger partial charge in [0.05, 0.1) is 0 Å². The van der Waals surface area contributed by atoms with Crippen LogP contribution in [0.15, 0.2) is 46.9 Å². The number of carbonyl (C=O) groups excluding carboxylic acids is 1. The second-order valence-corrected chi connectivity index (χ2v) is 4.54. The summed E-state index contributed by atoms with van der Waals surface area (Å²) >= 11 is 0. The number of carbonyl (C=O) groups is 1. The standard InChI is InChI=1S/C16H20N2O3/c1-2-10-17-11-12-18-16(19)14-8-9-15(21-14)20-13-6-4-3-5-7-13/h3-9,17H,2,10-12H2,1H3,(H,18,19). The number of ether oxygens (including phenoxy) is 1. The molecule has 5 nitrogen and oxygen atoms in total. The minimum absolute atomic E-state index is 0.240. The smallest absolute Gasteiger partial charge is 0.290 e. The summed E-state index contributed by atoms with van der Waals surface area (Å²) in [6, 6.07) is 12.5. The number of rotatable bonds is 8. The molecular formula is C16H20N2O3. The fraction of sp³-hybridized carbons (Fsp3) is 0.312. The number of amides is 1. The van der Waals surface area contributed by atoms with Gasteiger partial charge in [0.2, 0.25) is 0 Å². The monoisotopic (exact) mass is 288 g/mol. The van der Waals surface area contributed by atoms with Crippen molar-refractivity contribution in [3.05, 3.63) is 48.2 Å². The van der Waals surface area contributed by atoms with E-state index in [0.29, 0.717) is 18.2 Å². The molecule has 0 aliphatic carbocycles. The minimum atomic E-state index is -0.240. The van der Waals surface area contributed by atoms with Gasteiger partial charge in [-0.1, -0.05) is 25.1 Å². The van der Waals surface area contributed by atoms with E-state index in [2.05, 4.69) is 17.6 Å². The molecule has 0 saturated heterocycles. The SMILES string of the molecule is CCCNCCNC(=O)c1ccc(Oc2ccccc2)o1. The predicted octanol–water partition coefficient (Wildman–Crippen LogP) is 2.80. The highest BCUT2D eigenvalue weighted by molar-refractivity contribution is 5.91. The Bertz CT molecular complexity index is 552. The minimum Gasteiger partial charge on any atom is -0.426 e. The van der Waals surface area contributed by atoms with Gasteiger partial charge in [-0.2, -0.15) is 0 Å². The van der Waals surface area contributed by atoms with Crippen molar-refractivity contribution in [1.82, 2.24) is 10.6 Å². The zero-order valence-electron chi connectivity index (χ0n) is 12.1. The van der Waals surface area contributed by atoms with Gasteiger partial charge < -0.3 is 19.8 Å². The van der Waals surface area contributed by atoms with E-state index in [4.69, 9.17) is 9.15 Å². The Morgan fingerprint density at radius 2 is 1.90 bits per heavy atom. The van der Waals surface area contributed by atoms with Crippen molar-refractivity contribution < 1.29 is 13.9 Å². The quantitative estimate of drug-likeness (QED) is 0.733.